The molecule has 2 aromatic heterocycles. The molecular formula is C14H16N4O4. The number of aromatic nitrogens is 4. The number of nitrogens with zero attached hydrogens (tertiary/aromatic N) is 4. The van der Waals surface area contributed by atoms with E-state index in [0.717, 1.165) is 11.1 Å². The van der Waals surface area contributed by atoms with Gasteiger partial charge in [-0.2, -0.15) is 0 Å². The summed E-state index contributed by atoms with van der Waals surface area (Å²) < 4.78 is 21.4. The van der Waals surface area contributed by atoms with Gasteiger partial charge >= 0.3 is 0 Å². The average molecular weight is 304 g/mol. The van der Waals surface area contributed by atoms with Crippen LogP contribution in [-0.2, 0) is 20.8 Å². The Hall–Kier alpha value is -1.77. The highest BCUT2D eigenvalue weighted by Gasteiger charge is 2.57. The summed E-state index contributed by atoms with van der Waals surface area (Å²) in [6.07, 6.45) is -1.22. The van der Waals surface area contributed by atoms with E-state index in [1.54, 1.807) is 15.3 Å². The fourth-order valence-corrected chi connectivity index (χ4v) is 3.78. The first kappa shape index (κ1) is 12.7. The molecule has 8 nitrogen and oxygen atoms in total. The summed E-state index contributed by atoms with van der Waals surface area (Å²) in [6, 6.07) is 1.57. The van der Waals surface area contributed by atoms with E-state index in [0.29, 0.717) is 12.2 Å². The Balaban J connectivity index is 1.78. The van der Waals surface area contributed by atoms with Gasteiger partial charge in [0.05, 0.1) is 6.54 Å². The second-order valence-corrected chi connectivity index (χ2v) is 6.61. The number of ether oxygens (including phenoxy) is 3. The van der Waals surface area contributed by atoms with Crippen LogP contribution in [0.25, 0.3) is 11.2 Å². The van der Waals surface area contributed by atoms with Crippen LogP contribution < -0.4 is 5.56 Å². The first-order valence-electron chi connectivity index (χ1n) is 7.41. The van der Waals surface area contributed by atoms with Crippen LogP contribution in [0.1, 0.15) is 25.6 Å². The van der Waals surface area contributed by atoms with Gasteiger partial charge < -0.3 is 14.2 Å². The summed E-state index contributed by atoms with van der Waals surface area (Å²) in [6.45, 7) is 6.12. The van der Waals surface area contributed by atoms with E-state index in [1.807, 2.05) is 20.8 Å². The van der Waals surface area contributed by atoms with Crippen LogP contribution >= 0.6 is 0 Å². The number of hydrogen-bond acceptors (Lipinski definition) is 6. The predicted molar refractivity (Wildman–Crippen MR) is 74.3 cm³/mol. The lowest BCUT2D eigenvalue weighted by Crippen LogP contribution is -2.36. The fourth-order valence-electron chi connectivity index (χ4n) is 3.78. The summed E-state index contributed by atoms with van der Waals surface area (Å²) >= 11 is 0. The molecule has 22 heavy (non-hydrogen) atoms. The monoisotopic (exact) mass is 304 g/mol. The Morgan fingerprint density at radius 3 is 2.91 bits per heavy atom. The van der Waals surface area contributed by atoms with E-state index in [2.05, 4.69) is 10.3 Å². The van der Waals surface area contributed by atoms with Crippen molar-refractivity contribution in [2.75, 3.05) is 0 Å². The smallest absolute Gasteiger partial charge is 0.254 e. The van der Waals surface area contributed by atoms with Crippen LogP contribution in [0.2, 0.25) is 0 Å². The summed E-state index contributed by atoms with van der Waals surface area (Å²) in [5.41, 5.74) is 2.11. The topological polar surface area (TPSA) is 80.4 Å². The fraction of sp³-hybridized carbons (Fsp3) is 0.643. The summed E-state index contributed by atoms with van der Waals surface area (Å²) in [4.78, 5) is 12.6. The zero-order valence-corrected chi connectivity index (χ0v) is 12.5. The molecule has 116 valence electrons. The molecule has 5 heterocycles. The van der Waals surface area contributed by atoms with Crippen molar-refractivity contribution < 1.29 is 14.2 Å². The van der Waals surface area contributed by atoms with E-state index >= 15 is 0 Å². The third-order valence-corrected chi connectivity index (χ3v) is 4.62. The van der Waals surface area contributed by atoms with Crippen LogP contribution in [0, 0.1) is 6.92 Å². The van der Waals surface area contributed by atoms with Crippen LogP contribution in [0.5, 0.6) is 0 Å². The van der Waals surface area contributed by atoms with Gasteiger partial charge in [-0.15, -0.1) is 5.10 Å². The van der Waals surface area contributed by atoms with E-state index in [-0.39, 0.29) is 23.9 Å². The maximum Gasteiger partial charge on any atom is 0.254 e. The van der Waals surface area contributed by atoms with Crippen LogP contribution in [0.3, 0.4) is 0 Å². The predicted octanol–water partition coefficient (Wildman–Crippen LogP) is 0.333. The third kappa shape index (κ3) is 1.44. The molecule has 2 fully saturated rings. The minimum atomic E-state index is -0.673. The first-order chi connectivity index (χ1) is 10.4. The molecule has 2 bridgehead atoms. The van der Waals surface area contributed by atoms with Gasteiger partial charge in [-0.3, -0.25) is 9.36 Å². The van der Waals surface area contributed by atoms with Gasteiger partial charge in [0.15, 0.2) is 17.7 Å². The molecule has 8 heteroatoms. The Kier molecular flexibility index (Phi) is 2.18. The quantitative estimate of drug-likeness (QED) is 0.698. The molecule has 5 rings (SSSR count). The molecule has 2 saturated heterocycles. The normalized spacial score (nSPS) is 34.9. The standard InChI is InChI=1S/C14H16N4O4/c1-6-4-8(19)18-12-9(6)15-16-17(12)5-7-10-11(13(18)20-7)22-14(2,3)21-10/h4,7,10-11,13H,5H2,1-3H3/t7-,10-,11-,13-/m1/s1. The lowest BCUT2D eigenvalue weighted by Gasteiger charge is -2.23. The Morgan fingerprint density at radius 2 is 2.09 bits per heavy atom. The van der Waals surface area contributed by atoms with Gasteiger partial charge in [0.2, 0.25) is 0 Å². The van der Waals surface area contributed by atoms with Crippen molar-refractivity contribution in [3.05, 3.63) is 22.0 Å². The summed E-state index contributed by atoms with van der Waals surface area (Å²) in [5, 5.41) is 8.40. The number of rotatable bonds is 0. The maximum absolute atomic E-state index is 12.6. The van der Waals surface area contributed by atoms with Crippen LogP contribution in [0.4, 0.5) is 0 Å². The minimum absolute atomic E-state index is 0.131. The van der Waals surface area contributed by atoms with Crippen molar-refractivity contribution in [3.63, 3.8) is 0 Å². The van der Waals surface area contributed by atoms with Crippen molar-refractivity contribution in [2.24, 2.45) is 0 Å². The lowest BCUT2D eigenvalue weighted by molar-refractivity contribution is -0.196. The molecule has 0 radical (unpaired) electrons. The van der Waals surface area contributed by atoms with Gasteiger partial charge in [-0.05, 0) is 26.3 Å². The number of fused-ring (bicyclic) bond motifs is 6. The van der Waals surface area contributed by atoms with Gasteiger partial charge in [0.25, 0.3) is 5.56 Å². The Labute approximate surface area is 125 Å². The minimum Gasteiger partial charge on any atom is -0.347 e. The largest absolute Gasteiger partial charge is 0.347 e. The Bertz CT molecular complexity index is 854. The second kappa shape index (κ2) is 3.76. The molecule has 0 amide bonds. The Morgan fingerprint density at radius 1 is 1.32 bits per heavy atom. The van der Waals surface area contributed by atoms with Crippen molar-refractivity contribution >= 4 is 11.2 Å². The SMILES string of the molecule is Cc1cc(=O)n2c3c1nnn3C[C@H]1O[C@@H]2[C@@H]2OC(C)(C)O[C@@H]21. The first-order valence-corrected chi connectivity index (χ1v) is 7.41. The van der Waals surface area contributed by atoms with Crippen molar-refractivity contribution in [1.82, 2.24) is 19.6 Å². The molecule has 0 aromatic carbocycles. The molecule has 0 unspecified atom stereocenters. The molecule has 3 aliphatic heterocycles. The van der Waals surface area contributed by atoms with E-state index < -0.39 is 12.0 Å². The number of aryl methyl sites for hydroxylation is 1. The molecule has 0 spiro atoms. The van der Waals surface area contributed by atoms with E-state index in [4.69, 9.17) is 14.2 Å². The van der Waals surface area contributed by atoms with Gasteiger partial charge in [0.1, 0.15) is 23.8 Å². The molecule has 4 atom stereocenters. The van der Waals surface area contributed by atoms with Gasteiger partial charge in [-0.25, -0.2) is 4.68 Å². The lowest BCUT2D eigenvalue weighted by atomic mass is 10.1. The van der Waals surface area contributed by atoms with Crippen molar-refractivity contribution in [1.29, 1.82) is 0 Å². The molecule has 3 aliphatic rings. The van der Waals surface area contributed by atoms with Gasteiger partial charge in [-0.1, -0.05) is 5.21 Å². The highest BCUT2D eigenvalue weighted by Crippen LogP contribution is 2.45. The third-order valence-electron chi connectivity index (χ3n) is 4.62. The van der Waals surface area contributed by atoms with Crippen LogP contribution in [0.15, 0.2) is 10.9 Å². The van der Waals surface area contributed by atoms with E-state index in [9.17, 15) is 4.79 Å². The van der Waals surface area contributed by atoms with Crippen molar-refractivity contribution in [3.8, 4) is 0 Å². The average Bonchev–Trinajstić information content (AvgIpc) is 3.01. The zero-order valence-electron chi connectivity index (χ0n) is 12.5. The van der Waals surface area contributed by atoms with Crippen LogP contribution in [-0.4, -0.2) is 43.7 Å². The zero-order chi connectivity index (χ0) is 15.2. The molecule has 0 saturated carbocycles. The van der Waals surface area contributed by atoms with Crippen molar-refractivity contribution in [2.45, 2.75) is 57.6 Å². The highest BCUT2D eigenvalue weighted by atomic mass is 16.8. The number of pyridine rings is 1. The molecular weight excluding hydrogens is 288 g/mol. The summed E-state index contributed by atoms with van der Waals surface area (Å²) in [7, 11) is 0. The second-order valence-electron chi connectivity index (χ2n) is 6.61. The van der Waals surface area contributed by atoms with E-state index in [1.165, 1.54) is 0 Å². The highest BCUT2D eigenvalue weighted by molar-refractivity contribution is 5.74. The van der Waals surface area contributed by atoms with Gasteiger partial charge in [0, 0.05) is 6.07 Å². The number of hydrogen-bond donors (Lipinski definition) is 0. The summed E-state index contributed by atoms with van der Waals surface area (Å²) in [5.74, 6) is -0.673. The molecule has 0 aliphatic carbocycles. The maximum atomic E-state index is 12.6. The molecule has 2 aromatic rings. The molecule has 0 N–H and O–H groups in total.